The number of hydrogen-bond acceptors (Lipinski definition) is 2. The van der Waals surface area contributed by atoms with E-state index in [0.29, 0.717) is 12.5 Å². The second-order valence-electron chi connectivity index (χ2n) is 7.20. The van der Waals surface area contributed by atoms with Crippen LogP contribution in [0.3, 0.4) is 0 Å². The highest BCUT2D eigenvalue weighted by atomic mass is 16.2. The lowest BCUT2D eigenvalue weighted by Gasteiger charge is -2.38. The van der Waals surface area contributed by atoms with E-state index in [0.717, 1.165) is 24.9 Å². The smallest absolute Gasteiger partial charge is 0.253 e. The first-order valence-corrected chi connectivity index (χ1v) is 7.45. The highest BCUT2D eigenvalue weighted by molar-refractivity contribution is 5.94. The Labute approximate surface area is 122 Å². The fraction of sp³-hybridized carbons (Fsp3) is 0.588. The number of carbonyl (C=O) groups excluding carboxylic acids is 1. The van der Waals surface area contributed by atoms with E-state index in [-0.39, 0.29) is 17.4 Å². The van der Waals surface area contributed by atoms with Crippen LogP contribution in [0, 0.1) is 11.3 Å². The van der Waals surface area contributed by atoms with Crippen LogP contribution in [0.5, 0.6) is 0 Å². The van der Waals surface area contributed by atoms with E-state index in [1.165, 1.54) is 0 Å². The van der Waals surface area contributed by atoms with Crippen LogP contribution in [0.4, 0.5) is 0 Å². The summed E-state index contributed by atoms with van der Waals surface area (Å²) in [6, 6.07) is 9.60. The molecule has 1 aliphatic heterocycles. The second kappa shape index (κ2) is 5.96. The number of carbonyl (C=O) groups is 1. The first kappa shape index (κ1) is 15.0. The van der Waals surface area contributed by atoms with Crippen molar-refractivity contribution < 1.29 is 4.79 Å². The molecule has 0 spiro atoms. The van der Waals surface area contributed by atoms with Crippen molar-refractivity contribution in [3.8, 4) is 0 Å². The summed E-state index contributed by atoms with van der Waals surface area (Å²) in [5.74, 6) is 0.617. The maximum Gasteiger partial charge on any atom is 0.253 e. The van der Waals surface area contributed by atoms with Crippen LogP contribution < -0.4 is 5.73 Å². The highest BCUT2D eigenvalue weighted by Gasteiger charge is 2.30. The molecule has 1 fully saturated rings. The second-order valence-corrected chi connectivity index (χ2v) is 7.20. The van der Waals surface area contributed by atoms with Gasteiger partial charge in [0.05, 0.1) is 0 Å². The Morgan fingerprint density at radius 3 is 2.50 bits per heavy atom. The molecule has 0 aromatic heterocycles. The van der Waals surface area contributed by atoms with E-state index >= 15 is 0 Å². The summed E-state index contributed by atoms with van der Waals surface area (Å²) < 4.78 is 0. The molecule has 1 aromatic carbocycles. The van der Waals surface area contributed by atoms with Crippen LogP contribution in [0.15, 0.2) is 30.3 Å². The molecule has 0 saturated carbocycles. The predicted octanol–water partition coefficient (Wildman–Crippen LogP) is 2.91. The fourth-order valence-corrected chi connectivity index (χ4v) is 3.19. The van der Waals surface area contributed by atoms with Gasteiger partial charge in [-0.15, -0.1) is 0 Å². The summed E-state index contributed by atoms with van der Waals surface area (Å²) in [7, 11) is 0. The van der Waals surface area contributed by atoms with Crippen LogP contribution in [-0.4, -0.2) is 29.9 Å². The first-order valence-electron chi connectivity index (χ1n) is 7.45. The zero-order chi connectivity index (χ0) is 14.8. The summed E-state index contributed by atoms with van der Waals surface area (Å²) in [4.78, 5) is 14.5. The molecule has 1 aromatic rings. The van der Waals surface area contributed by atoms with Crippen molar-refractivity contribution in [2.24, 2.45) is 17.1 Å². The molecule has 2 unspecified atom stereocenters. The molecular formula is C17H26N2O. The van der Waals surface area contributed by atoms with Gasteiger partial charge in [-0.05, 0) is 36.3 Å². The molecule has 2 rings (SSSR count). The van der Waals surface area contributed by atoms with Gasteiger partial charge >= 0.3 is 0 Å². The number of nitrogens with zero attached hydrogens (tertiary/aromatic N) is 1. The van der Waals surface area contributed by atoms with Crippen molar-refractivity contribution in [3.63, 3.8) is 0 Å². The maximum absolute atomic E-state index is 12.5. The van der Waals surface area contributed by atoms with Gasteiger partial charge in [0.1, 0.15) is 0 Å². The van der Waals surface area contributed by atoms with Gasteiger partial charge in [-0.25, -0.2) is 0 Å². The third kappa shape index (κ3) is 4.07. The molecule has 3 heteroatoms. The van der Waals surface area contributed by atoms with Gasteiger partial charge in [0.2, 0.25) is 0 Å². The van der Waals surface area contributed by atoms with Gasteiger partial charge in [0.25, 0.3) is 5.91 Å². The van der Waals surface area contributed by atoms with E-state index < -0.39 is 0 Å². The quantitative estimate of drug-likeness (QED) is 0.901. The normalized spacial score (nSPS) is 23.7. The molecule has 1 heterocycles. The SMILES string of the molecule is CC(C)(C)CC1CC(N)CN(C(=O)c2ccccc2)C1. The lowest BCUT2D eigenvalue weighted by atomic mass is 9.80. The molecule has 110 valence electrons. The number of hydrogen-bond donors (Lipinski definition) is 1. The van der Waals surface area contributed by atoms with Crippen molar-refractivity contribution in [2.45, 2.75) is 39.7 Å². The fourth-order valence-electron chi connectivity index (χ4n) is 3.19. The van der Waals surface area contributed by atoms with Crippen LogP contribution >= 0.6 is 0 Å². The van der Waals surface area contributed by atoms with E-state index in [1.54, 1.807) is 0 Å². The van der Waals surface area contributed by atoms with Crippen molar-refractivity contribution >= 4 is 5.91 Å². The van der Waals surface area contributed by atoms with Gasteiger partial charge in [-0.1, -0.05) is 39.0 Å². The Morgan fingerprint density at radius 1 is 1.25 bits per heavy atom. The molecule has 20 heavy (non-hydrogen) atoms. The average Bonchev–Trinajstić information content (AvgIpc) is 2.36. The Hall–Kier alpha value is -1.35. The standard InChI is InChI=1S/C17H26N2O/c1-17(2,3)10-13-9-15(18)12-19(11-13)16(20)14-7-5-4-6-8-14/h4-8,13,15H,9-12,18H2,1-3H3. The summed E-state index contributed by atoms with van der Waals surface area (Å²) in [5, 5.41) is 0. The minimum Gasteiger partial charge on any atom is -0.337 e. The Morgan fingerprint density at radius 2 is 1.90 bits per heavy atom. The topological polar surface area (TPSA) is 46.3 Å². The van der Waals surface area contributed by atoms with Crippen LogP contribution in [0.25, 0.3) is 0 Å². The largest absolute Gasteiger partial charge is 0.337 e. The zero-order valence-electron chi connectivity index (χ0n) is 12.8. The lowest BCUT2D eigenvalue weighted by molar-refractivity contribution is 0.0613. The molecule has 0 bridgehead atoms. The zero-order valence-corrected chi connectivity index (χ0v) is 12.8. The van der Waals surface area contributed by atoms with Gasteiger partial charge in [-0.3, -0.25) is 4.79 Å². The first-order chi connectivity index (χ1) is 9.35. The molecule has 3 nitrogen and oxygen atoms in total. The third-order valence-corrected chi connectivity index (χ3v) is 3.78. The van der Waals surface area contributed by atoms with E-state index in [4.69, 9.17) is 5.73 Å². The molecule has 2 N–H and O–H groups in total. The predicted molar refractivity (Wildman–Crippen MR) is 82.5 cm³/mol. The molecule has 0 aliphatic carbocycles. The van der Waals surface area contributed by atoms with Gasteiger partial charge in [-0.2, -0.15) is 0 Å². The minimum atomic E-state index is 0.101. The van der Waals surface area contributed by atoms with Gasteiger partial charge < -0.3 is 10.6 Å². The molecular weight excluding hydrogens is 248 g/mol. The number of likely N-dealkylation sites (tertiary alicyclic amines) is 1. The van der Waals surface area contributed by atoms with Crippen molar-refractivity contribution in [3.05, 3.63) is 35.9 Å². The monoisotopic (exact) mass is 274 g/mol. The van der Waals surface area contributed by atoms with Gasteiger partial charge in [0, 0.05) is 24.7 Å². The van der Waals surface area contributed by atoms with Gasteiger partial charge in [0.15, 0.2) is 0 Å². The Bertz CT molecular complexity index is 450. The molecule has 2 atom stereocenters. The molecule has 1 saturated heterocycles. The Kier molecular flexibility index (Phi) is 4.48. The number of rotatable bonds is 2. The Balaban J connectivity index is 2.06. The minimum absolute atomic E-state index is 0.101. The molecule has 1 amide bonds. The summed E-state index contributed by atoms with van der Waals surface area (Å²) in [5.41, 5.74) is 7.20. The molecule has 1 aliphatic rings. The average molecular weight is 274 g/mol. The number of amides is 1. The summed E-state index contributed by atoms with van der Waals surface area (Å²) in [6.07, 6.45) is 2.13. The number of benzene rings is 1. The summed E-state index contributed by atoms with van der Waals surface area (Å²) >= 11 is 0. The third-order valence-electron chi connectivity index (χ3n) is 3.78. The highest BCUT2D eigenvalue weighted by Crippen LogP contribution is 2.30. The number of nitrogens with two attached hydrogens (primary N) is 1. The van der Waals surface area contributed by atoms with E-state index in [9.17, 15) is 4.79 Å². The maximum atomic E-state index is 12.5. The lowest BCUT2D eigenvalue weighted by Crippen LogP contribution is -2.50. The van der Waals surface area contributed by atoms with E-state index in [1.807, 2.05) is 35.2 Å². The van der Waals surface area contributed by atoms with E-state index in [2.05, 4.69) is 20.8 Å². The van der Waals surface area contributed by atoms with Crippen molar-refractivity contribution in [1.82, 2.24) is 4.90 Å². The van der Waals surface area contributed by atoms with Crippen molar-refractivity contribution in [2.75, 3.05) is 13.1 Å². The van der Waals surface area contributed by atoms with Crippen LogP contribution in [0.2, 0.25) is 0 Å². The molecule has 0 radical (unpaired) electrons. The van der Waals surface area contributed by atoms with Crippen LogP contribution in [0.1, 0.15) is 44.0 Å². The number of piperidine rings is 1. The van der Waals surface area contributed by atoms with Crippen LogP contribution in [-0.2, 0) is 0 Å². The summed E-state index contributed by atoms with van der Waals surface area (Å²) in [6.45, 7) is 8.25. The van der Waals surface area contributed by atoms with Crippen molar-refractivity contribution in [1.29, 1.82) is 0 Å².